The van der Waals surface area contributed by atoms with Gasteiger partial charge in [0, 0.05) is 19.2 Å². The number of nitrogens with zero attached hydrogens (tertiary/aromatic N) is 1. The summed E-state index contributed by atoms with van der Waals surface area (Å²) in [5.74, 6) is -1.26. The molecule has 0 unspecified atom stereocenters. The Kier molecular flexibility index (Phi) is 5.40. The maximum absolute atomic E-state index is 12.6. The van der Waals surface area contributed by atoms with Gasteiger partial charge < -0.3 is 15.3 Å². The molecule has 1 aromatic rings. The quantitative estimate of drug-likeness (QED) is 0.868. The van der Waals surface area contributed by atoms with E-state index in [4.69, 9.17) is 5.11 Å². The topological polar surface area (TPSA) is 86.7 Å². The summed E-state index contributed by atoms with van der Waals surface area (Å²) >= 11 is 0. The van der Waals surface area contributed by atoms with E-state index in [1.54, 1.807) is 11.1 Å². The van der Waals surface area contributed by atoms with Crippen molar-refractivity contribution in [2.24, 2.45) is 5.92 Å². The van der Waals surface area contributed by atoms with Crippen molar-refractivity contribution >= 4 is 23.9 Å². The first-order chi connectivity index (χ1) is 12.5. The van der Waals surface area contributed by atoms with Gasteiger partial charge in [0.05, 0.1) is 18.4 Å². The van der Waals surface area contributed by atoms with Crippen LogP contribution < -0.4 is 5.32 Å². The van der Waals surface area contributed by atoms with Gasteiger partial charge in [0.1, 0.15) is 0 Å². The number of hydrogen-bond acceptors (Lipinski definition) is 3. The lowest BCUT2D eigenvalue weighted by Crippen LogP contribution is -2.41. The largest absolute Gasteiger partial charge is 0.481 e. The molecular formula is C20H24N2O4. The fourth-order valence-electron chi connectivity index (χ4n) is 3.86. The number of nitrogens with one attached hydrogen (secondary N) is 1. The van der Waals surface area contributed by atoms with Gasteiger partial charge in [0.2, 0.25) is 11.8 Å². The number of rotatable bonds is 4. The van der Waals surface area contributed by atoms with Gasteiger partial charge in [-0.3, -0.25) is 14.4 Å². The van der Waals surface area contributed by atoms with Crippen LogP contribution in [0.1, 0.15) is 56.2 Å². The van der Waals surface area contributed by atoms with Gasteiger partial charge in [-0.1, -0.05) is 24.3 Å². The highest BCUT2D eigenvalue weighted by molar-refractivity contribution is 5.82. The lowest BCUT2D eigenvalue weighted by Gasteiger charge is -2.33. The summed E-state index contributed by atoms with van der Waals surface area (Å²) in [4.78, 5) is 37.2. The van der Waals surface area contributed by atoms with Crippen molar-refractivity contribution in [3.05, 3.63) is 41.6 Å². The summed E-state index contributed by atoms with van der Waals surface area (Å²) in [5, 5.41) is 12.1. The first-order valence-electron chi connectivity index (χ1n) is 9.04. The van der Waals surface area contributed by atoms with Crippen LogP contribution in [0, 0.1) is 5.92 Å². The monoisotopic (exact) mass is 356 g/mol. The van der Waals surface area contributed by atoms with Crippen LogP contribution in [0.5, 0.6) is 0 Å². The summed E-state index contributed by atoms with van der Waals surface area (Å²) in [5.41, 5.74) is 1.99. The predicted octanol–water partition coefficient (Wildman–Crippen LogP) is 2.71. The molecule has 0 spiro atoms. The van der Waals surface area contributed by atoms with Gasteiger partial charge in [0.15, 0.2) is 0 Å². The van der Waals surface area contributed by atoms with Crippen LogP contribution in [0.2, 0.25) is 0 Å². The average Bonchev–Trinajstić information content (AvgIpc) is 2.62. The van der Waals surface area contributed by atoms with Crippen molar-refractivity contribution in [2.75, 3.05) is 0 Å². The minimum Gasteiger partial charge on any atom is -0.481 e. The molecule has 6 heteroatoms. The van der Waals surface area contributed by atoms with E-state index in [0.717, 1.165) is 11.1 Å². The van der Waals surface area contributed by atoms with Crippen molar-refractivity contribution < 1.29 is 19.5 Å². The third-order valence-electron chi connectivity index (χ3n) is 5.29. The Morgan fingerprint density at radius 1 is 1.15 bits per heavy atom. The number of aliphatic carboxylic acids is 1. The first kappa shape index (κ1) is 18.2. The van der Waals surface area contributed by atoms with E-state index in [-0.39, 0.29) is 36.2 Å². The van der Waals surface area contributed by atoms with Crippen molar-refractivity contribution in [1.29, 1.82) is 0 Å². The fraction of sp³-hybridized carbons (Fsp3) is 0.450. The number of carboxylic acids is 1. The maximum atomic E-state index is 12.6. The minimum absolute atomic E-state index is 0.0123. The van der Waals surface area contributed by atoms with Crippen LogP contribution in [0.3, 0.4) is 0 Å². The normalized spacial score (nSPS) is 24.7. The molecule has 0 radical (unpaired) electrons. The SMILES string of the molecule is CC(=O)N1C=Cc2ccccc2[C@H]1CC(=O)NC1CCC(C(=O)O)CC1. The highest BCUT2D eigenvalue weighted by atomic mass is 16.4. The number of carbonyl (C=O) groups excluding carboxylic acids is 2. The minimum atomic E-state index is -0.752. The average molecular weight is 356 g/mol. The van der Waals surface area contributed by atoms with Gasteiger partial charge in [-0.15, -0.1) is 0 Å². The van der Waals surface area contributed by atoms with Crippen LogP contribution in [0.4, 0.5) is 0 Å². The third kappa shape index (κ3) is 3.95. The molecule has 1 saturated carbocycles. The summed E-state index contributed by atoms with van der Waals surface area (Å²) < 4.78 is 0. The summed E-state index contributed by atoms with van der Waals surface area (Å²) in [6, 6.07) is 7.47. The molecule has 26 heavy (non-hydrogen) atoms. The Morgan fingerprint density at radius 2 is 1.85 bits per heavy atom. The number of hydrogen-bond donors (Lipinski definition) is 2. The molecule has 2 amide bonds. The molecule has 0 aromatic heterocycles. The third-order valence-corrected chi connectivity index (χ3v) is 5.29. The first-order valence-corrected chi connectivity index (χ1v) is 9.04. The molecule has 0 bridgehead atoms. The van der Waals surface area contributed by atoms with Crippen LogP contribution in [-0.4, -0.2) is 33.8 Å². The fourth-order valence-corrected chi connectivity index (χ4v) is 3.86. The molecule has 138 valence electrons. The number of benzene rings is 1. The number of amides is 2. The van der Waals surface area contributed by atoms with Crippen molar-refractivity contribution in [1.82, 2.24) is 10.2 Å². The van der Waals surface area contributed by atoms with Crippen LogP contribution >= 0.6 is 0 Å². The molecule has 1 fully saturated rings. The molecule has 2 aliphatic rings. The number of fused-ring (bicyclic) bond motifs is 1. The highest BCUT2D eigenvalue weighted by Gasteiger charge is 2.30. The molecule has 1 atom stereocenters. The van der Waals surface area contributed by atoms with E-state index >= 15 is 0 Å². The number of carboxylic acid groups (broad SMARTS) is 1. The van der Waals surface area contributed by atoms with Crippen LogP contribution in [0.25, 0.3) is 6.08 Å². The number of carbonyl (C=O) groups is 3. The standard InChI is InChI=1S/C20H24N2O4/c1-13(23)22-11-10-14-4-2-3-5-17(14)18(22)12-19(24)21-16-8-6-15(7-9-16)20(25)26/h2-5,10-11,15-16,18H,6-9,12H2,1H3,(H,21,24)(H,25,26)/t15?,16?,18-/m1/s1. The predicted molar refractivity (Wildman–Crippen MR) is 96.9 cm³/mol. The van der Waals surface area contributed by atoms with Crippen LogP contribution in [-0.2, 0) is 14.4 Å². The molecular weight excluding hydrogens is 332 g/mol. The molecule has 1 aliphatic carbocycles. The summed E-state index contributed by atoms with van der Waals surface area (Å²) in [6.45, 7) is 1.50. The van der Waals surface area contributed by atoms with E-state index < -0.39 is 5.97 Å². The van der Waals surface area contributed by atoms with Gasteiger partial charge in [-0.2, -0.15) is 0 Å². The summed E-state index contributed by atoms with van der Waals surface area (Å²) in [6.07, 6.45) is 6.36. The van der Waals surface area contributed by atoms with E-state index in [1.807, 2.05) is 30.3 Å². The molecule has 1 aliphatic heterocycles. The maximum Gasteiger partial charge on any atom is 0.306 e. The summed E-state index contributed by atoms with van der Waals surface area (Å²) in [7, 11) is 0. The highest BCUT2D eigenvalue weighted by Crippen LogP contribution is 2.33. The molecule has 1 aromatic carbocycles. The zero-order chi connectivity index (χ0) is 18.7. The smallest absolute Gasteiger partial charge is 0.306 e. The lowest BCUT2D eigenvalue weighted by atomic mass is 9.86. The molecule has 0 saturated heterocycles. The van der Waals surface area contributed by atoms with Crippen molar-refractivity contribution in [2.45, 2.75) is 51.1 Å². The molecule has 6 nitrogen and oxygen atoms in total. The second kappa shape index (κ2) is 7.72. The van der Waals surface area contributed by atoms with E-state index in [0.29, 0.717) is 25.7 Å². The Balaban J connectivity index is 1.65. The van der Waals surface area contributed by atoms with Crippen molar-refractivity contribution in [3.63, 3.8) is 0 Å². The van der Waals surface area contributed by atoms with Crippen molar-refractivity contribution in [3.8, 4) is 0 Å². The van der Waals surface area contributed by atoms with Gasteiger partial charge >= 0.3 is 5.97 Å². The Hall–Kier alpha value is -2.63. The zero-order valence-corrected chi connectivity index (χ0v) is 14.9. The van der Waals surface area contributed by atoms with Gasteiger partial charge in [-0.05, 0) is 42.9 Å². The molecule has 1 heterocycles. The Bertz CT molecular complexity index is 735. The van der Waals surface area contributed by atoms with E-state index in [9.17, 15) is 14.4 Å². The van der Waals surface area contributed by atoms with Gasteiger partial charge in [0.25, 0.3) is 0 Å². The van der Waals surface area contributed by atoms with Crippen LogP contribution in [0.15, 0.2) is 30.5 Å². The Labute approximate surface area is 152 Å². The van der Waals surface area contributed by atoms with E-state index in [2.05, 4.69) is 5.32 Å². The molecule has 2 N–H and O–H groups in total. The lowest BCUT2D eigenvalue weighted by molar-refractivity contribution is -0.142. The Morgan fingerprint density at radius 3 is 2.50 bits per heavy atom. The zero-order valence-electron chi connectivity index (χ0n) is 14.9. The second-order valence-corrected chi connectivity index (χ2v) is 7.05. The van der Waals surface area contributed by atoms with E-state index in [1.165, 1.54) is 6.92 Å². The molecule has 3 rings (SSSR count). The van der Waals surface area contributed by atoms with Gasteiger partial charge in [-0.25, -0.2) is 0 Å². The second-order valence-electron chi connectivity index (χ2n) is 7.05.